The van der Waals surface area contributed by atoms with Gasteiger partial charge in [0.25, 0.3) is 0 Å². The van der Waals surface area contributed by atoms with E-state index in [4.69, 9.17) is 37.5 Å². The molecule has 1 atom stereocenters. The molecule has 0 aromatic heterocycles. The maximum Gasteiger partial charge on any atom is 0.231 e. The Balaban J connectivity index is 1.58. The summed E-state index contributed by atoms with van der Waals surface area (Å²) in [6.07, 6.45) is -5.66. The van der Waals surface area contributed by atoms with Crippen LogP contribution in [0.3, 0.4) is 0 Å². The highest BCUT2D eigenvalue weighted by Gasteiger charge is 2.25. The summed E-state index contributed by atoms with van der Waals surface area (Å²) in [5, 5.41) is 0. The van der Waals surface area contributed by atoms with Crippen molar-refractivity contribution in [1.29, 1.82) is 0 Å². The Kier molecular flexibility index (Phi) is 2.65. The molecule has 160 valence electrons. The molecule has 1 fully saturated rings. The summed E-state index contributed by atoms with van der Waals surface area (Å²) in [5.41, 5.74) is -1.74. The molecule has 3 aromatic rings. The Labute approximate surface area is 208 Å². The predicted molar refractivity (Wildman–Crippen MR) is 122 cm³/mol. The number of nitrogens with zero attached hydrogens (tertiary/aromatic N) is 1. The Morgan fingerprint density at radius 1 is 0.968 bits per heavy atom. The molecule has 1 saturated heterocycles. The molecule has 31 heavy (non-hydrogen) atoms. The number of piperidine rings is 1. The van der Waals surface area contributed by atoms with Crippen LogP contribution in [0.5, 0.6) is 11.5 Å². The molecule has 0 N–H and O–H groups in total. The highest BCUT2D eigenvalue weighted by molar-refractivity contribution is 5.44. The quantitative estimate of drug-likeness (QED) is 0.512. The summed E-state index contributed by atoms with van der Waals surface area (Å²) in [7, 11) is 0. The first-order valence-corrected chi connectivity index (χ1v) is 9.71. The molecule has 0 bridgehead atoms. The van der Waals surface area contributed by atoms with E-state index < -0.39 is 120 Å². The van der Waals surface area contributed by atoms with E-state index >= 15 is 0 Å². The van der Waals surface area contributed by atoms with Gasteiger partial charge in [0.15, 0.2) is 11.5 Å². The van der Waals surface area contributed by atoms with Crippen molar-refractivity contribution in [2.75, 3.05) is 26.4 Å². The van der Waals surface area contributed by atoms with Crippen molar-refractivity contribution in [2.45, 2.75) is 31.4 Å². The van der Waals surface area contributed by atoms with Gasteiger partial charge in [0.1, 0.15) is 6.10 Å². The van der Waals surface area contributed by atoms with Gasteiger partial charge in [-0.05, 0) is 54.5 Å². The van der Waals surface area contributed by atoms with Gasteiger partial charge >= 0.3 is 0 Å². The molecular weight excluding hydrogens is 386 g/mol. The molecule has 2 aliphatic rings. The number of hydrogen-bond acceptors (Lipinski definition) is 4. The number of hydrogen-bond donors (Lipinski definition) is 0. The SMILES string of the molecule is [2H]c1c([2H])c([2H])c(C(O[C@@H]2CCCN(C([2H])([2H])C([2H])([2H])c3c([2H])c([2H])c4c(c3[2H])OCO4)C2)c2c([2H])c([2H])c([2H])c([2H])c2[2H])c([2H])c1[2H]. The monoisotopic (exact) mass is 432 g/mol. The van der Waals surface area contributed by atoms with Crippen LogP contribution in [0.15, 0.2) is 78.6 Å². The average Bonchev–Trinajstić information content (AvgIpc) is 3.54. The van der Waals surface area contributed by atoms with Crippen molar-refractivity contribution in [3.63, 3.8) is 0 Å². The molecule has 2 heterocycles. The van der Waals surface area contributed by atoms with Crippen molar-refractivity contribution in [3.8, 4) is 11.5 Å². The van der Waals surface area contributed by atoms with Crippen LogP contribution in [0, 0.1) is 0 Å². The van der Waals surface area contributed by atoms with Gasteiger partial charge in [-0.2, -0.15) is 0 Å². The third-order valence-corrected chi connectivity index (χ3v) is 4.76. The van der Waals surface area contributed by atoms with E-state index in [2.05, 4.69) is 0 Å². The van der Waals surface area contributed by atoms with Gasteiger partial charge in [-0.25, -0.2) is 0 Å². The van der Waals surface area contributed by atoms with Crippen molar-refractivity contribution >= 4 is 0 Å². The third kappa shape index (κ3) is 4.92. The fraction of sp³-hybridized carbons (Fsp3) is 0.333. The molecule has 2 aliphatic heterocycles. The number of ether oxygens (including phenoxy) is 3. The summed E-state index contributed by atoms with van der Waals surface area (Å²) in [6.45, 7) is -3.75. The summed E-state index contributed by atoms with van der Waals surface area (Å²) < 4.78 is 160. The first kappa shape index (κ1) is 8.61. The standard InChI is InChI=1S/C27H29NO3/c1-3-8-22(9-4-1)27(23-10-5-2-6-11-23)31-24-12-7-16-28(19-24)17-15-21-13-14-25-26(18-21)30-20-29-25/h1-6,8-11,13-14,18,24,27H,7,12,15-17,19-20H2/t24-/m1/s1/i1D,2D,3D,4D,5D,6D,8D,9D,10D,11D,13D,14D,15D2,17D2,18D. The van der Waals surface area contributed by atoms with E-state index in [-0.39, 0.29) is 44.2 Å². The number of benzene rings is 3. The van der Waals surface area contributed by atoms with E-state index in [0.717, 1.165) is 4.90 Å². The van der Waals surface area contributed by atoms with Crippen molar-refractivity contribution in [1.82, 2.24) is 4.90 Å². The Bertz CT molecular complexity index is 1690. The second-order valence-electron chi connectivity index (χ2n) is 6.86. The Hall–Kier alpha value is -2.82. The van der Waals surface area contributed by atoms with E-state index in [9.17, 15) is 0 Å². The highest BCUT2D eigenvalue weighted by Crippen LogP contribution is 2.33. The second kappa shape index (κ2) is 9.54. The number of likely N-dealkylation sites (tertiary alicyclic amines) is 1. The van der Waals surface area contributed by atoms with Crippen molar-refractivity contribution < 1.29 is 37.5 Å². The van der Waals surface area contributed by atoms with Crippen LogP contribution >= 0.6 is 0 Å². The Morgan fingerprint density at radius 2 is 1.68 bits per heavy atom. The van der Waals surface area contributed by atoms with Gasteiger partial charge < -0.3 is 19.1 Å². The maximum absolute atomic E-state index is 8.92. The lowest BCUT2D eigenvalue weighted by Crippen LogP contribution is -2.41. The molecule has 5 rings (SSSR count). The largest absolute Gasteiger partial charge is 0.454 e. The third-order valence-electron chi connectivity index (χ3n) is 4.76. The summed E-state index contributed by atoms with van der Waals surface area (Å²) in [4.78, 5) is 1.05. The fourth-order valence-corrected chi connectivity index (χ4v) is 3.33. The molecule has 0 amide bonds. The minimum absolute atomic E-state index is 0.0423. The normalized spacial score (nSPS) is 27.1. The number of fused-ring (bicyclic) bond motifs is 1. The summed E-state index contributed by atoms with van der Waals surface area (Å²) in [6, 6.07) is -9.41. The van der Waals surface area contributed by atoms with E-state index in [0.29, 0.717) is 0 Å². The van der Waals surface area contributed by atoms with Crippen LogP contribution in [0.2, 0.25) is 0 Å². The Morgan fingerprint density at radius 3 is 2.42 bits per heavy atom. The van der Waals surface area contributed by atoms with Crippen molar-refractivity contribution in [2.24, 2.45) is 0 Å². The molecular formula is C27H29NO3. The first-order valence-electron chi connectivity index (χ1n) is 18.2. The minimum atomic E-state index is -3.08. The van der Waals surface area contributed by atoms with E-state index in [1.165, 1.54) is 0 Å². The lowest BCUT2D eigenvalue weighted by atomic mass is 10.00. The summed E-state index contributed by atoms with van der Waals surface area (Å²) >= 11 is 0. The smallest absolute Gasteiger partial charge is 0.231 e. The van der Waals surface area contributed by atoms with Gasteiger partial charge in [-0.1, -0.05) is 66.5 Å². The lowest BCUT2D eigenvalue weighted by Gasteiger charge is -2.35. The van der Waals surface area contributed by atoms with Gasteiger partial charge in [0, 0.05) is 18.5 Å². The molecule has 3 aromatic carbocycles. The van der Waals surface area contributed by atoms with E-state index in [1.807, 2.05) is 0 Å². The zero-order valence-corrected chi connectivity index (χ0v) is 16.4. The van der Waals surface area contributed by atoms with Crippen molar-refractivity contribution in [3.05, 3.63) is 95.2 Å². The number of rotatable bonds is 7. The molecule has 4 heteroatoms. The molecule has 0 aliphatic carbocycles. The second-order valence-corrected chi connectivity index (χ2v) is 6.86. The zero-order valence-electron chi connectivity index (χ0n) is 33.4. The molecule has 0 radical (unpaired) electrons. The maximum atomic E-state index is 8.92. The van der Waals surface area contributed by atoms with Crippen LogP contribution in [0.1, 0.15) is 58.9 Å². The zero-order chi connectivity index (χ0) is 35.8. The topological polar surface area (TPSA) is 30.9 Å². The van der Waals surface area contributed by atoms with Crippen LogP contribution in [-0.2, 0) is 11.1 Å². The van der Waals surface area contributed by atoms with Gasteiger partial charge in [-0.3, -0.25) is 0 Å². The van der Waals surface area contributed by atoms with Crippen LogP contribution in [0.4, 0.5) is 0 Å². The molecule has 4 nitrogen and oxygen atoms in total. The predicted octanol–water partition coefficient (Wildman–Crippen LogP) is 5.23. The van der Waals surface area contributed by atoms with Crippen LogP contribution in [-0.4, -0.2) is 37.4 Å². The van der Waals surface area contributed by atoms with Crippen LogP contribution < -0.4 is 9.47 Å². The fourth-order valence-electron chi connectivity index (χ4n) is 3.33. The van der Waals surface area contributed by atoms with Crippen LogP contribution in [0.25, 0.3) is 0 Å². The molecule has 0 spiro atoms. The summed E-state index contributed by atoms with van der Waals surface area (Å²) in [5.74, 6) is -0.506. The highest BCUT2D eigenvalue weighted by atomic mass is 16.7. The van der Waals surface area contributed by atoms with Gasteiger partial charge in [0.2, 0.25) is 6.79 Å². The van der Waals surface area contributed by atoms with E-state index in [1.54, 1.807) is 0 Å². The first-order chi connectivity index (χ1) is 22.3. The molecule has 0 unspecified atom stereocenters. The van der Waals surface area contributed by atoms with Gasteiger partial charge in [0.05, 0.1) is 23.9 Å². The molecule has 0 saturated carbocycles. The lowest BCUT2D eigenvalue weighted by molar-refractivity contribution is -0.0330. The average molecular weight is 433 g/mol. The van der Waals surface area contributed by atoms with Gasteiger partial charge in [-0.15, -0.1) is 0 Å². The minimum Gasteiger partial charge on any atom is -0.454 e.